The Bertz CT molecular complexity index is 889. The number of nitrogens with zero attached hydrogens (tertiary/aromatic N) is 1. The van der Waals surface area contributed by atoms with E-state index in [2.05, 4.69) is 10.0 Å². The number of carbonyl (C=O) groups is 1. The van der Waals surface area contributed by atoms with Crippen molar-refractivity contribution < 1.29 is 13.2 Å². The molecule has 1 aliphatic rings. The summed E-state index contributed by atoms with van der Waals surface area (Å²) in [7, 11) is -2.00. The third-order valence-electron chi connectivity index (χ3n) is 4.60. The van der Waals surface area contributed by atoms with E-state index in [1.807, 2.05) is 19.1 Å². The third-order valence-corrected chi connectivity index (χ3v) is 5.98. The van der Waals surface area contributed by atoms with Crippen LogP contribution in [-0.2, 0) is 10.0 Å². The van der Waals surface area contributed by atoms with Crippen molar-refractivity contribution in [3.05, 3.63) is 59.7 Å². The van der Waals surface area contributed by atoms with Crippen LogP contribution in [0.4, 0.5) is 5.69 Å². The van der Waals surface area contributed by atoms with Crippen molar-refractivity contribution in [3.63, 3.8) is 0 Å². The first-order valence-corrected chi connectivity index (χ1v) is 10.0. The SMILES string of the molecule is Cc1ccc(NS(=O)(=O)c2cccc(C(=O)N(C)C3CCNC3)c2)cc1. The Morgan fingerprint density at radius 2 is 1.92 bits per heavy atom. The molecule has 0 aliphatic carbocycles. The quantitative estimate of drug-likeness (QED) is 0.842. The summed E-state index contributed by atoms with van der Waals surface area (Å²) in [6, 6.07) is 13.4. The van der Waals surface area contributed by atoms with Crippen molar-refractivity contribution in [3.8, 4) is 0 Å². The number of hydrogen-bond acceptors (Lipinski definition) is 4. The summed E-state index contributed by atoms with van der Waals surface area (Å²) >= 11 is 0. The van der Waals surface area contributed by atoms with Gasteiger partial charge in [0.05, 0.1) is 4.90 Å². The molecule has 1 atom stereocenters. The van der Waals surface area contributed by atoms with Gasteiger partial charge in [0.2, 0.25) is 0 Å². The number of amides is 1. The molecular formula is C19H23N3O3S. The Kier molecular flexibility index (Phi) is 5.29. The zero-order valence-corrected chi connectivity index (χ0v) is 15.7. The molecule has 0 saturated carbocycles. The van der Waals surface area contributed by atoms with Gasteiger partial charge in [-0.1, -0.05) is 23.8 Å². The fourth-order valence-corrected chi connectivity index (χ4v) is 4.08. The van der Waals surface area contributed by atoms with E-state index in [4.69, 9.17) is 0 Å². The number of rotatable bonds is 5. The molecule has 1 saturated heterocycles. The highest BCUT2D eigenvalue weighted by atomic mass is 32.2. The van der Waals surface area contributed by atoms with Gasteiger partial charge < -0.3 is 10.2 Å². The van der Waals surface area contributed by atoms with Gasteiger partial charge in [0.25, 0.3) is 15.9 Å². The molecule has 1 aliphatic heterocycles. The minimum atomic E-state index is -3.76. The van der Waals surface area contributed by atoms with E-state index in [9.17, 15) is 13.2 Å². The molecule has 138 valence electrons. The number of likely N-dealkylation sites (N-methyl/N-ethyl adjacent to an activating group) is 1. The molecule has 2 aromatic carbocycles. The molecule has 2 N–H and O–H groups in total. The lowest BCUT2D eigenvalue weighted by Gasteiger charge is -2.24. The molecule has 1 amide bonds. The number of benzene rings is 2. The van der Waals surface area contributed by atoms with Crippen molar-refractivity contribution in [1.82, 2.24) is 10.2 Å². The zero-order valence-electron chi connectivity index (χ0n) is 14.9. The van der Waals surface area contributed by atoms with Crippen LogP contribution in [0.15, 0.2) is 53.4 Å². The van der Waals surface area contributed by atoms with Gasteiger partial charge >= 0.3 is 0 Å². The van der Waals surface area contributed by atoms with Crippen molar-refractivity contribution in [1.29, 1.82) is 0 Å². The predicted octanol–water partition coefficient (Wildman–Crippen LogP) is 2.23. The molecular weight excluding hydrogens is 350 g/mol. The molecule has 0 radical (unpaired) electrons. The lowest BCUT2D eigenvalue weighted by atomic mass is 10.1. The molecule has 1 unspecified atom stereocenters. The Hall–Kier alpha value is -2.38. The van der Waals surface area contributed by atoms with Crippen LogP contribution in [0, 0.1) is 6.92 Å². The number of aryl methyl sites for hydroxylation is 1. The van der Waals surface area contributed by atoms with Crippen molar-refractivity contribution in [2.75, 3.05) is 24.9 Å². The predicted molar refractivity (Wildman–Crippen MR) is 102 cm³/mol. The van der Waals surface area contributed by atoms with Crippen molar-refractivity contribution >= 4 is 21.6 Å². The summed E-state index contributed by atoms with van der Waals surface area (Å²) in [6.45, 7) is 3.58. The molecule has 0 spiro atoms. The van der Waals surface area contributed by atoms with Crippen LogP contribution in [0.2, 0.25) is 0 Å². The largest absolute Gasteiger partial charge is 0.337 e. The summed E-state index contributed by atoms with van der Waals surface area (Å²) in [4.78, 5) is 14.4. The van der Waals surface area contributed by atoms with Gasteiger partial charge in [-0.05, 0) is 50.2 Å². The van der Waals surface area contributed by atoms with Gasteiger partial charge in [0.15, 0.2) is 0 Å². The summed E-state index contributed by atoms with van der Waals surface area (Å²) in [6.07, 6.45) is 0.898. The average molecular weight is 373 g/mol. The van der Waals surface area contributed by atoms with E-state index in [1.165, 1.54) is 12.1 Å². The second-order valence-corrected chi connectivity index (χ2v) is 8.24. The first kappa shape index (κ1) is 18.4. The normalized spacial score (nSPS) is 17.1. The molecule has 7 heteroatoms. The molecule has 0 aromatic heterocycles. The molecule has 6 nitrogen and oxygen atoms in total. The Labute approximate surface area is 154 Å². The minimum Gasteiger partial charge on any atom is -0.337 e. The zero-order chi connectivity index (χ0) is 18.7. The van der Waals surface area contributed by atoms with E-state index >= 15 is 0 Å². The third kappa shape index (κ3) is 4.05. The fraction of sp³-hybridized carbons (Fsp3) is 0.316. The van der Waals surface area contributed by atoms with Gasteiger partial charge in [0.1, 0.15) is 0 Å². The molecule has 1 fully saturated rings. The number of hydrogen-bond donors (Lipinski definition) is 2. The molecule has 1 heterocycles. The second-order valence-electron chi connectivity index (χ2n) is 6.56. The van der Waals surface area contributed by atoms with Crippen LogP contribution < -0.4 is 10.0 Å². The molecule has 26 heavy (non-hydrogen) atoms. The van der Waals surface area contributed by atoms with E-state index in [1.54, 1.807) is 36.2 Å². The van der Waals surface area contributed by atoms with Crippen LogP contribution in [0.25, 0.3) is 0 Å². The van der Waals surface area contributed by atoms with Gasteiger partial charge in [-0.3, -0.25) is 9.52 Å². The topological polar surface area (TPSA) is 78.5 Å². The monoisotopic (exact) mass is 373 g/mol. The summed E-state index contributed by atoms with van der Waals surface area (Å²) in [5.74, 6) is -0.175. The van der Waals surface area contributed by atoms with E-state index in [0.29, 0.717) is 11.3 Å². The summed E-state index contributed by atoms with van der Waals surface area (Å²) in [5, 5.41) is 3.23. The van der Waals surface area contributed by atoms with E-state index < -0.39 is 10.0 Å². The maximum atomic E-state index is 12.7. The van der Waals surface area contributed by atoms with Crippen LogP contribution in [0.1, 0.15) is 22.3 Å². The number of carbonyl (C=O) groups excluding carboxylic acids is 1. The van der Waals surface area contributed by atoms with Crippen molar-refractivity contribution in [2.24, 2.45) is 0 Å². The minimum absolute atomic E-state index is 0.0712. The Morgan fingerprint density at radius 1 is 1.19 bits per heavy atom. The summed E-state index contributed by atoms with van der Waals surface area (Å²) < 4.78 is 27.8. The maximum absolute atomic E-state index is 12.7. The number of nitrogens with one attached hydrogen (secondary N) is 2. The number of anilines is 1. The molecule has 0 bridgehead atoms. The van der Waals surface area contributed by atoms with Crippen LogP contribution in [0.5, 0.6) is 0 Å². The highest BCUT2D eigenvalue weighted by Crippen LogP contribution is 2.19. The van der Waals surface area contributed by atoms with Crippen molar-refractivity contribution in [2.45, 2.75) is 24.3 Å². The number of sulfonamides is 1. The maximum Gasteiger partial charge on any atom is 0.261 e. The average Bonchev–Trinajstić information content (AvgIpc) is 3.17. The van der Waals surface area contributed by atoms with Gasteiger partial charge in [-0.2, -0.15) is 0 Å². The lowest BCUT2D eigenvalue weighted by molar-refractivity contribution is 0.0743. The lowest BCUT2D eigenvalue weighted by Crippen LogP contribution is -2.38. The Morgan fingerprint density at radius 3 is 2.58 bits per heavy atom. The van der Waals surface area contributed by atoms with E-state index in [0.717, 1.165) is 25.1 Å². The fourth-order valence-electron chi connectivity index (χ4n) is 2.97. The first-order valence-electron chi connectivity index (χ1n) is 8.54. The van der Waals surface area contributed by atoms with Crippen LogP contribution in [0.3, 0.4) is 0 Å². The highest BCUT2D eigenvalue weighted by Gasteiger charge is 2.25. The standard InChI is InChI=1S/C19H23N3O3S/c1-14-6-8-16(9-7-14)21-26(24,25)18-5-3-4-15(12-18)19(23)22(2)17-10-11-20-13-17/h3-9,12,17,20-21H,10-11,13H2,1-2H3. The van der Waals surface area contributed by atoms with E-state index in [-0.39, 0.29) is 16.8 Å². The Balaban J connectivity index is 1.81. The van der Waals surface area contributed by atoms with Gasteiger partial charge in [0, 0.05) is 30.9 Å². The molecule has 3 rings (SSSR count). The highest BCUT2D eigenvalue weighted by molar-refractivity contribution is 7.92. The van der Waals surface area contributed by atoms with Gasteiger partial charge in [-0.25, -0.2) is 8.42 Å². The van der Waals surface area contributed by atoms with Crippen LogP contribution in [-0.4, -0.2) is 45.4 Å². The molecule has 2 aromatic rings. The first-order chi connectivity index (χ1) is 12.4. The summed E-state index contributed by atoms with van der Waals surface area (Å²) in [5.41, 5.74) is 1.90. The van der Waals surface area contributed by atoms with Gasteiger partial charge in [-0.15, -0.1) is 0 Å². The second kappa shape index (κ2) is 7.47. The van der Waals surface area contributed by atoms with Crippen LogP contribution >= 0.6 is 0 Å². The smallest absolute Gasteiger partial charge is 0.261 e.